The highest BCUT2D eigenvalue weighted by atomic mass is 16.7. The monoisotopic (exact) mass is 355 g/mol. The summed E-state index contributed by atoms with van der Waals surface area (Å²) >= 11 is 0. The van der Waals surface area contributed by atoms with Crippen LogP contribution in [0.25, 0.3) is 11.0 Å². The lowest BCUT2D eigenvalue weighted by molar-refractivity contribution is -0.131. The third kappa shape index (κ3) is 2.77. The second-order valence-corrected chi connectivity index (χ2v) is 6.12. The number of aromatic nitrogens is 4. The number of aryl methyl sites for hydroxylation is 1. The Balaban J connectivity index is 1.49. The third-order valence-corrected chi connectivity index (χ3v) is 4.31. The summed E-state index contributed by atoms with van der Waals surface area (Å²) in [5, 5.41) is 4.41. The number of fused-ring (bicyclic) bond motifs is 2. The summed E-state index contributed by atoms with van der Waals surface area (Å²) < 4.78 is 13.4. The van der Waals surface area contributed by atoms with Crippen LogP contribution < -0.4 is 15.0 Å². The number of hydrogen-bond acceptors (Lipinski definition) is 6. The summed E-state index contributed by atoms with van der Waals surface area (Å²) in [5.74, 6) is 1.17. The fraction of sp³-hybridized carbons (Fsp3) is 0.294. The standard InChI is InChI=1S/C17H17N5O4/c1-20(7-11-3-4-13-14(5-11)26-10-25-13)15(23)8-22-9-18-16-12(17(22)24)6-19-21(16)2/h3-6,9H,7-8,10H2,1-2H3. The van der Waals surface area contributed by atoms with Crippen LogP contribution in [0.1, 0.15) is 5.56 Å². The van der Waals surface area contributed by atoms with E-state index in [0.29, 0.717) is 29.1 Å². The number of ether oxygens (including phenoxy) is 2. The number of likely N-dealkylation sites (N-methyl/N-ethyl adjacent to an activating group) is 1. The molecule has 1 aliphatic heterocycles. The van der Waals surface area contributed by atoms with Crippen molar-refractivity contribution in [3.05, 3.63) is 46.6 Å². The molecule has 0 unspecified atom stereocenters. The number of nitrogens with zero attached hydrogens (tertiary/aromatic N) is 5. The van der Waals surface area contributed by atoms with Gasteiger partial charge in [-0.05, 0) is 17.7 Å². The Labute approximate surface area is 148 Å². The predicted molar refractivity (Wildman–Crippen MR) is 91.8 cm³/mol. The summed E-state index contributed by atoms with van der Waals surface area (Å²) in [6.45, 7) is 0.519. The molecular weight excluding hydrogens is 338 g/mol. The maximum Gasteiger partial charge on any atom is 0.264 e. The van der Waals surface area contributed by atoms with Gasteiger partial charge in [-0.25, -0.2) is 4.98 Å². The fourth-order valence-electron chi connectivity index (χ4n) is 2.85. The van der Waals surface area contributed by atoms with Gasteiger partial charge < -0.3 is 14.4 Å². The molecule has 0 bridgehead atoms. The summed E-state index contributed by atoms with van der Waals surface area (Å²) in [5.41, 5.74) is 1.12. The molecular formula is C17H17N5O4. The first-order valence-corrected chi connectivity index (χ1v) is 8.02. The Morgan fingerprint density at radius 3 is 2.96 bits per heavy atom. The van der Waals surface area contributed by atoms with Gasteiger partial charge in [0.2, 0.25) is 12.7 Å². The van der Waals surface area contributed by atoms with E-state index in [9.17, 15) is 9.59 Å². The zero-order chi connectivity index (χ0) is 18.3. The molecule has 0 atom stereocenters. The Kier molecular flexibility index (Phi) is 3.83. The van der Waals surface area contributed by atoms with Crippen LogP contribution in [0, 0.1) is 0 Å². The van der Waals surface area contributed by atoms with Gasteiger partial charge in [-0.2, -0.15) is 5.10 Å². The van der Waals surface area contributed by atoms with E-state index in [1.54, 1.807) is 19.0 Å². The maximum absolute atomic E-state index is 12.5. The van der Waals surface area contributed by atoms with Crippen molar-refractivity contribution in [3.8, 4) is 11.5 Å². The van der Waals surface area contributed by atoms with Crippen molar-refractivity contribution in [3.63, 3.8) is 0 Å². The Hall–Kier alpha value is -3.36. The second kappa shape index (κ2) is 6.17. The van der Waals surface area contributed by atoms with Crippen molar-refractivity contribution in [1.82, 2.24) is 24.2 Å². The molecule has 1 amide bonds. The van der Waals surface area contributed by atoms with Crippen molar-refractivity contribution >= 4 is 16.9 Å². The fourth-order valence-corrected chi connectivity index (χ4v) is 2.85. The lowest BCUT2D eigenvalue weighted by atomic mass is 10.2. The third-order valence-electron chi connectivity index (χ3n) is 4.31. The van der Waals surface area contributed by atoms with Crippen LogP contribution in [0.4, 0.5) is 0 Å². The molecule has 0 saturated heterocycles. The molecule has 3 heterocycles. The number of benzene rings is 1. The summed E-state index contributed by atoms with van der Waals surface area (Å²) in [6.07, 6.45) is 2.83. The smallest absolute Gasteiger partial charge is 0.264 e. The highest BCUT2D eigenvalue weighted by Crippen LogP contribution is 2.32. The Morgan fingerprint density at radius 1 is 1.31 bits per heavy atom. The first kappa shape index (κ1) is 16.1. The number of rotatable bonds is 4. The highest BCUT2D eigenvalue weighted by molar-refractivity contribution is 5.77. The molecule has 0 saturated carbocycles. The summed E-state index contributed by atoms with van der Waals surface area (Å²) in [6, 6.07) is 5.55. The zero-order valence-electron chi connectivity index (χ0n) is 14.4. The SMILES string of the molecule is CN(Cc1ccc2c(c1)OCO2)C(=O)Cn1cnc2c(cnn2C)c1=O. The van der Waals surface area contributed by atoms with Gasteiger partial charge in [0, 0.05) is 20.6 Å². The molecule has 26 heavy (non-hydrogen) atoms. The quantitative estimate of drug-likeness (QED) is 0.677. The highest BCUT2D eigenvalue weighted by Gasteiger charge is 2.17. The van der Waals surface area contributed by atoms with E-state index in [-0.39, 0.29) is 24.8 Å². The van der Waals surface area contributed by atoms with Gasteiger partial charge in [0.05, 0.1) is 6.20 Å². The van der Waals surface area contributed by atoms with Gasteiger partial charge in [0.25, 0.3) is 5.56 Å². The van der Waals surface area contributed by atoms with Gasteiger partial charge in [0.15, 0.2) is 17.1 Å². The Bertz CT molecular complexity index is 1050. The van der Waals surface area contributed by atoms with Crippen LogP contribution in [0.3, 0.4) is 0 Å². The topological polar surface area (TPSA) is 91.5 Å². The molecule has 9 nitrogen and oxygen atoms in total. The molecule has 1 aromatic carbocycles. The van der Waals surface area contributed by atoms with E-state index in [1.165, 1.54) is 21.8 Å². The number of carbonyl (C=O) groups excluding carboxylic acids is 1. The number of carbonyl (C=O) groups is 1. The first-order chi connectivity index (χ1) is 12.5. The van der Waals surface area contributed by atoms with Gasteiger partial charge >= 0.3 is 0 Å². The van der Waals surface area contributed by atoms with Crippen molar-refractivity contribution in [1.29, 1.82) is 0 Å². The molecule has 2 aromatic heterocycles. The van der Waals surface area contributed by atoms with Gasteiger partial charge in [0.1, 0.15) is 18.3 Å². The van der Waals surface area contributed by atoms with Gasteiger partial charge in [-0.1, -0.05) is 6.07 Å². The van der Waals surface area contributed by atoms with Crippen LogP contribution in [0.2, 0.25) is 0 Å². The van der Waals surface area contributed by atoms with E-state index in [2.05, 4.69) is 10.1 Å². The minimum absolute atomic E-state index is 0.0856. The lowest BCUT2D eigenvalue weighted by Crippen LogP contribution is -2.33. The largest absolute Gasteiger partial charge is 0.454 e. The van der Waals surface area contributed by atoms with Gasteiger partial charge in [-0.15, -0.1) is 0 Å². The average molecular weight is 355 g/mol. The van der Waals surface area contributed by atoms with E-state index >= 15 is 0 Å². The van der Waals surface area contributed by atoms with Crippen LogP contribution >= 0.6 is 0 Å². The summed E-state index contributed by atoms with van der Waals surface area (Å²) in [7, 11) is 3.40. The van der Waals surface area contributed by atoms with Gasteiger partial charge in [-0.3, -0.25) is 18.8 Å². The summed E-state index contributed by atoms with van der Waals surface area (Å²) in [4.78, 5) is 30.7. The molecule has 1 aliphatic rings. The van der Waals surface area contributed by atoms with E-state index in [1.807, 2.05) is 18.2 Å². The van der Waals surface area contributed by atoms with E-state index in [4.69, 9.17) is 9.47 Å². The predicted octanol–water partition coefficient (Wildman–Crippen LogP) is 0.517. The molecule has 3 aromatic rings. The van der Waals surface area contributed by atoms with E-state index < -0.39 is 0 Å². The molecule has 4 rings (SSSR count). The normalized spacial score (nSPS) is 12.5. The molecule has 0 radical (unpaired) electrons. The molecule has 0 N–H and O–H groups in total. The number of amides is 1. The van der Waals surface area contributed by atoms with Crippen LogP contribution in [-0.2, 0) is 24.9 Å². The van der Waals surface area contributed by atoms with E-state index in [0.717, 1.165) is 5.56 Å². The molecule has 134 valence electrons. The van der Waals surface area contributed by atoms with Crippen LogP contribution in [0.5, 0.6) is 11.5 Å². The number of hydrogen-bond donors (Lipinski definition) is 0. The molecule has 0 spiro atoms. The molecule has 0 aliphatic carbocycles. The van der Waals surface area contributed by atoms with Crippen molar-refractivity contribution < 1.29 is 14.3 Å². The zero-order valence-corrected chi connectivity index (χ0v) is 14.4. The van der Waals surface area contributed by atoms with Crippen molar-refractivity contribution in [2.45, 2.75) is 13.1 Å². The van der Waals surface area contributed by atoms with Crippen molar-refractivity contribution in [2.24, 2.45) is 7.05 Å². The van der Waals surface area contributed by atoms with Crippen LogP contribution in [-0.4, -0.2) is 44.0 Å². The average Bonchev–Trinajstić information content (AvgIpc) is 3.24. The molecule has 0 fully saturated rings. The first-order valence-electron chi connectivity index (χ1n) is 8.02. The molecule has 9 heteroatoms. The Morgan fingerprint density at radius 2 is 2.12 bits per heavy atom. The minimum atomic E-state index is -0.284. The minimum Gasteiger partial charge on any atom is -0.454 e. The maximum atomic E-state index is 12.5. The van der Waals surface area contributed by atoms with Crippen LogP contribution in [0.15, 0.2) is 35.5 Å². The second-order valence-electron chi connectivity index (χ2n) is 6.12. The van der Waals surface area contributed by atoms with Crippen molar-refractivity contribution in [2.75, 3.05) is 13.8 Å². The lowest BCUT2D eigenvalue weighted by Gasteiger charge is -2.18.